The number of benzene rings is 1. The fourth-order valence-electron chi connectivity index (χ4n) is 2.13. The molecular weight excluding hydrogens is 296 g/mol. The van der Waals surface area contributed by atoms with E-state index in [1.165, 1.54) is 17.0 Å². The minimum absolute atomic E-state index is 0.0615. The molecule has 1 aromatic carbocycles. The minimum atomic E-state index is -2.86. The van der Waals surface area contributed by atoms with Crippen LogP contribution in [-0.2, 0) is 11.3 Å². The van der Waals surface area contributed by atoms with Gasteiger partial charge in [-0.3, -0.25) is 4.79 Å². The van der Waals surface area contributed by atoms with Crippen LogP contribution in [0.25, 0.3) is 0 Å². The quantitative estimate of drug-likeness (QED) is 0.881. The van der Waals surface area contributed by atoms with Crippen LogP contribution in [0.5, 0.6) is 5.75 Å². The zero-order chi connectivity index (χ0) is 16.1. The summed E-state index contributed by atoms with van der Waals surface area (Å²) in [4.78, 5) is 25.0. The lowest BCUT2D eigenvalue weighted by Crippen LogP contribution is -2.58. The number of carbonyl (C=O) groups excluding carboxylic acids is 2. The van der Waals surface area contributed by atoms with E-state index in [0.717, 1.165) is 5.56 Å². The molecule has 0 radical (unpaired) electrons. The first kappa shape index (κ1) is 16.0. The van der Waals surface area contributed by atoms with Gasteiger partial charge in [0.1, 0.15) is 11.8 Å². The highest BCUT2D eigenvalue weighted by atomic mass is 19.3. The maximum Gasteiger partial charge on any atom is 0.387 e. The summed E-state index contributed by atoms with van der Waals surface area (Å²) in [7, 11) is 0. The van der Waals surface area contributed by atoms with Gasteiger partial charge in [-0.25, -0.2) is 4.79 Å². The third-order valence-corrected chi connectivity index (χ3v) is 3.35. The Balaban J connectivity index is 1.86. The lowest BCUT2D eigenvalue weighted by molar-refractivity contribution is -0.126. The first-order valence-electron chi connectivity index (χ1n) is 6.83. The number of piperazine rings is 1. The number of rotatable bonds is 4. The van der Waals surface area contributed by atoms with Crippen molar-refractivity contribution in [2.45, 2.75) is 26.1 Å². The Morgan fingerprint density at radius 2 is 2.14 bits per heavy atom. The van der Waals surface area contributed by atoms with Gasteiger partial charge in [0.25, 0.3) is 0 Å². The Labute approximate surface area is 126 Å². The summed E-state index contributed by atoms with van der Waals surface area (Å²) < 4.78 is 28.3. The van der Waals surface area contributed by atoms with Crippen molar-refractivity contribution in [2.24, 2.45) is 0 Å². The molecular formula is C14H17F2N3O3. The highest BCUT2D eigenvalue weighted by Crippen LogP contribution is 2.15. The molecule has 0 bridgehead atoms. The molecule has 120 valence electrons. The molecule has 1 fully saturated rings. The number of halogens is 2. The second-order valence-corrected chi connectivity index (χ2v) is 4.84. The standard InChI is InChI=1S/C14H17F2N3O3/c1-9-12(20)17-6-7-19(9)14(21)18-8-10-2-4-11(5-3-10)22-13(15)16/h2-5,9,13H,6-8H2,1H3,(H,17,20)(H,18,21). The van der Waals surface area contributed by atoms with Crippen LogP contribution < -0.4 is 15.4 Å². The molecule has 3 amide bonds. The van der Waals surface area contributed by atoms with E-state index >= 15 is 0 Å². The zero-order valence-electron chi connectivity index (χ0n) is 12.0. The first-order chi connectivity index (χ1) is 10.5. The number of ether oxygens (including phenoxy) is 1. The van der Waals surface area contributed by atoms with Crippen LogP contribution in [0.2, 0.25) is 0 Å². The summed E-state index contributed by atoms with van der Waals surface area (Å²) in [5, 5.41) is 5.37. The average molecular weight is 313 g/mol. The number of nitrogens with one attached hydrogen (secondary N) is 2. The van der Waals surface area contributed by atoms with Crippen molar-refractivity contribution in [3.8, 4) is 5.75 Å². The van der Waals surface area contributed by atoms with Gasteiger partial charge in [-0.2, -0.15) is 8.78 Å². The summed E-state index contributed by atoms with van der Waals surface area (Å²) in [5.74, 6) is -0.124. The number of carbonyl (C=O) groups is 2. The molecule has 1 atom stereocenters. The molecule has 22 heavy (non-hydrogen) atoms. The lowest BCUT2D eigenvalue weighted by atomic mass is 10.2. The smallest absolute Gasteiger partial charge is 0.387 e. The number of alkyl halides is 2. The van der Waals surface area contributed by atoms with Gasteiger partial charge in [-0.05, 0) is 24.6 Å². The molecule has 8 heteroatoms. The number of hydrogen-bond acceptors (Lipinski definition) is 3. The van der Waals surface area contributed by atoms with Gasteiger partial charge in [0.2, 0.25) is 5.91 Å². The lowest BCUT2D eigenvalue weighted by Gasteiger charge is -2.32. The van der Waals surface area contributed by atoms with Crippen molar-refractivity contribution < 1.29 is 23.1 Å². The largest absolute Gasteiger partial charge is 0.435 e. The SMILES string of the molecule is CC1C(=O)NCCN1C(=O)NCc1ccc(OC(F)F)cc1. The van der Waals surface area contributed by atoms with E-state index in [9.17, 15) is 18.4 Å². The average Bonchev–Trinajstić information content (AvgIpc) is 2.48. The summed E-state index contributed by atoms with van der Waals surface area (Å²) >= 11 is 0. The minimum Gasteiger partial charge on any atom is -0.435 e. The molecule has 6 nitrogen and oxygen atoms in total. The van der Waals surface area contributed by atoms with E-state index in [-0.39, 0.29) is 24.2 Å². The first-order valence-corrected chi connectivity index (χ1v) is 6.83. The van der Waals surface area contributed by atoms with E-state index in [0.29, 0.717) is 13.1 Å². The molecule has 1 heterocycles. The molecule has 0 spiro atoms. The topological polar surface area (TPSA) is 70.7 Å². The van der Waals surface area contributed by atoms with E-state index < -0.39 is 12.7 Å². The van der Waals surface area contributed by atoms with Gasteiger partial charge in [-0.1, -0.05) is 12.1 Å². The fraction of sp³-hybridized carbons (Fsp3) is 0.429. The maximum absolute atomic E-state index is 12.1. The molecule has 0 aromatic heterocycles. The van der Waals surface area contributed by atoms with E-state index in [1.807, 2.05) is 0 Å². The molecule has 2 N–H and O–H groups in total. The van der Waals surface area contributed by atoms with E-state index in [4.69, 9.17) is 0 Å². The summed E-state index contributed by atoms with van der Waals surface area (Å²) in [5.41, 5.74) is 0.740. The van der Waals surface area contributed by atoms with Gasteiger partial charge in [-0.15, -0.1) is 0 Å². The molecule has 1 aromatic rings. The second-order valence-electron chi connectivity index (χ2n) is 4.84. The number of amides is 3. The van der Waals surface area contributed by atoms with Crippen molar-refractivity contribution in [1.29, 1.82) is 0 Å². The van der Waals surface area contributed by atoms with Crippen LogP contribution in [-0.4, -0.2) is 42.6 Å². The van der Waals surface area contributed by atoms with Gasteiger partial charge in [0.15, 0.2) is 0 Å². The molecule has 0 aliphatic carbocycles. The van der Waals surface area contributed by atoms with Crippen molar-refractivity contribution in [2.75, 3.05) is 13.1 Å². The molecule has 0 saturated carbocycles. The van der Waals surface area contributed by atoms with Crippen LogP contribution >= 0.6 is 0 Å². The number of hydrogen-bond donors (Lipinski definition) is 2. The highest BCUT2D eigenvalue weighted by Gasteiger charge is 2.28. The number of nitrogens with zero attached hydrogens (tertiary/aromatic N) is 1. The van der Waals surface area contributed by atoms with E-state index in [1.54, 1.807) is 19.1 Å². The van der Waals surface area contributed by atoms with Crippen molar-refractivity contribution in [3.05, 3.63) is 29.8 Å². The Morgan fingerprint density at radius 3 is 2.77 bits per heavy atom. The third-order valence-electron chi connectivity index (χ3n) is 3.35. The predicted octanol–water partition coefficient (Wildman–Crippen LogP) is 1.32. The summed E-state index contributed by atoms with van der Waals surface area (Å²) in [6, 6.07) is 5.13. The second kappa shape index (κ2) is 7.06. The van der Waals surface area contributed by atoms with Crippen molar-refractivity contribution in [3.63, 3.8) is 0 Å². The Bertz CT molecular complexity index is 537. The predicted molar refractivity (Wildman–Crippen MR) is 74.5 cm³/mol. The zero-order valence-corrected chi connectivity index (χ0v) is 12.0. The van der Waals surface area contributed by atoms with E-state index in [2.05, 4.69) is 15.4 Å². The molecule has 1 aliphatic rings. The van der Waals surface area contributed by atoms with Crippen LogP contribution in [0, 0.1) is 0 Å². The van der Waals surface area contributed by atoms with Crippen LogP contribution in [0.15, 0.2) is 24.3 Å². The fourth-order valence-corrected chi connectivity index (χ4v) is 2.13. The van der Waals surface area contributed by atoms with Crippen LogP contribution in [0.3, 0.4) is 0 Å². The van der Waals surface area contributed by atoms with Gasteiger partial charge in [0.05, 0.1) is 0 Å². The van der Waals surface area contributed by atoms with Crippen molar-refractivity contribution >= 4 is 11.9 Å². The third kappa shape index (κ3) is 4.06. The number of urea groups is 1. The van der Waals surface area contributed by atoms with Crippen LogP contribution in [0.4, 0.5) is 13.6 Å². The summed E-state index contributed by atoms with van der Waals surface area (Å²) in [6.45, 7) is -0.100. The van der Waals surface area contributed by atoms with Gasteiger partial charge in [0, 0.05) is 19.6 Å². The highest BCUT2D eigenvalue weighted by molar-refractivity contribution is 5.87. The molecule has 2 rings (SSSR count). The molecule has 1 unspecified atom stereocenters. The Hall–Kier alpha value is -2.38. The van der Waals surface area contributed by atoms with Gasteiger partial charge < -0.3 is 20.3 Å². The molecule has 1 saturated heterocycles. The summed E-state index contributed by atoms with van der Waals surface area (Å²) in [6.07, 6.45) is 0. The van der Waals surface area contributed by atoms with Crippen LogP contribution in [0.1, 0.15) is 12.5 Å². The normalized spacial score (nSPS) is 18.1. The Morgan fingerprint density at radius 1 is 1.45 bits per heavy atom. The molecule has 1 aliphatic heterocycles. The Kier molecular flexibility index (Phi) is 5.13. The maximum atomic E-state index is 12.1. The van der Waals surface area contributed by atoms with Gasteiger partial charge >= 0.3 is 12.6 Å². The van der Waals surface area contributed by atoms with Crippen molar-refractivity contribution in [1.82, 2.24) is 15.5 Å². The monoisotopic (exact) mass is 313 g/mol.